The van der Waals surface area contributed by atoms with E-state index < -0.39 is 0 Å². The third-order valence-electron chi connectivity index (χ3n) is 10.9. The molecule has 0 saturated heterocycles. The minimum Gasteiger partial charge on any atom is -0.208 e. The van der Waals surface area contributed by atoms with E-state index in [9.17, 15) is 0 Å². The van der Waals surface area contributed by atoms with Crippen molar-refractivity contribution in [1.29, 1.82) is 0 Å². The highest BCUT2D eigenvalue weighted by Gasteiger charge is 2.20. The minimum atomic E-state index is 0.632. The Labute approximate surface area is 334 Å². The molecule has 3 nitrogen and oxygen atoms in total. The van der Waals surface area contributed by atoms with E-state index in [-0.39, 0.29) is 0 Å². The lowest BCUT2D eigenvalue weighted by molar-refractivity contribution is 1.08. The molecule has 2 aromatic heterocycles. The number of aromatic nitrogens is 3. The van der Waals surface area contributed by atoms with Gasteiger partial charge in [-0.05, 0) is 85.3 Å². The third-order valence-corrected chi connectivity index (χ3v) is 12.2. The molecule has 9 aromatic carbocycles. The number of nitrogens with zero attached hydrogens (tertiary/aromatic N) is 3. The zero-order valence-electron chi connectivity index (χ0n) is 30.8. The van der Waals surface area contributed by atoms with Crippen molar-refractivity contribution < 1.29 is 0 Å². The fourth-order valence-electron chi connectivity index (χ4n) is 8.20. The van der Waals surface area contributed by atoms with Gasteiger partial charge in [0.1, 0.15) is 0 Å². The Bertz CT molecular complexity index is 3300. The van der Waals surface area contributed by atoms with Crippen molar-refractivity contribution in [1.82, 2.24) is 15.0 Å². The van der Waals surface area contributed by atoms with Crippen molar-refractivity contribution in [3.05, 3.63) is 200 Å². The fourth-order valence-corrected chi connectivity index (χ4v) is 9.41. The Kier molecular flexibility index (Phi) is 8.01. The lowest BCUT2D eigenvalue weighted by Crippen LogP contribution is -2.01. The smallest absolute Gasteiger partial charge is 0.165 e. The first kappa shape index (κ1) is 33.1. The average Bonchev–Trinajstić information content (AvgIpc) is 3.68. The first-order valence-electron chi connectivity index (χ1n) is 19.2. The fraction of sp³-hybridized carbons (Fsp3) is 0. The van der Waals surface area contributed by atoms with Crippen LogP contribution in [0.1, 0.15) is 0 Å². The van der Waals surface area contributed by atoms with E-state index >= 15 is 0 Å². The van der Waals surface area contributed by atoms with Gasteiger partial charge in [-0.3, -0.25) is 0 Å². The van der Waals surface area contributed by atoms with E-state index in [4.69, 9.17) is 15.0 Å². The molecule has 0 radical (unpaired) electrons. The molecule has 2 heterocycles. The summed E-state index contributed by atoms with van der Waals surface area (Å²) in [4.78, 5) is 16.0. The lowest BCUT2D eigenvalue weighted by Gasteiger charge is -2.15. The van der Waals surface area contributed by atoms with Gasteiger partial charge in [0.05, 0.1) is 0 Å². The molecule has 57 heavy (non-hydrogen) atoms. The number of thiophene rings is 1. The van der Waals surface area contributed by atoms with Gasteiger partial charge in [-0.1, -0.05) is 170 Å². The molecule has 0 bridgehead atoms. The Balaban J connectivity index is 1.14. The molecule has 0 aliphatic rings. The van der Waals surface area contributed by atoms with E-state index in [1.165, 1.54) is 47.5 Å². The van der Waals surface area contributed by atoms with Crippen LogP contribution in [0.5, 0.6) is 0 Å². The molecular formula is C53H33N3S. The van der Waals surface area contributed by atoms with Crippen molar-refractivity contribution >= 4 is 53.1 Å². The highest BCUT2D eigenvalue weighted by molar-refractivity contribution is 7.26. The Morgan fingerprint density at radius 3 is 1.49 bits per heavy atom. The van der Waals surface area contributed by atoms with Crippen LogP contribution in [0, 0.1) is 0 Å². The second kappa shape index (κ2) is 13.8. The van der Waals surface area contributed by atoms with Gasteiger partial charge >= 0.3 is 0 Å². The Morgan fingerprint density at radius 2 is 0.772 bits per heavy atom. The maximum atomic E-state index is 5.36. The molecule has 0 fully saturated rings. The minimum absolute atomic E-state index is 0.632. The maximum Gasteiger partial charge on any atom is 0.165 e. The second-order valence-corrected chi connectivity index (χ2v) is 15.4. The summed E-state index contributed by atoms with van der Waals surface area (Å²) in [6, 6.07) is 71.1. The molecule has 0 spiro atoms. The highest BCUT2D eigenvalue weighted by atomic mass is 32.1. The number of rotatable bonds is 6. The summed E-state index contributed by atoms with van der Waals surface area (Å²) in [5.41, 5.74) is 9.78. The van der Waals surface area contributed by atoms with Crippen molar-refractivity contribution in [3.63, 3.8) is 0 Å². The van der Waals surface area contributed by atoms with Crippen molar-refractivity contribution in [2.24, 2.45) is 0 Å². The Morgan fingerprint density at radius 1 is 0.281 bits per heavy atom. The zero-order valence-corrected chi connectivity index (χ0v) is 31.6. The molecule has 0 aliphatic heterocycles. The van der Waals surface area contributed by atoms with Crippen LogP contribution in [0.2, 0.25) is 0 Å². The second-order valence-electron chi connectivity index (χ2n) is 14.4. The third kappa shape index (κ3) is 5.86. The number of benzene rings is 9. The summed E-state index contributed by atoms with van der Waals surface area (Å²) >= 11 is 1.79. The van der Waals surface area contributed by atoms with Crippen LogP contribution >= 0.6 is 11.3 Å². The van der Waals surface area contributed by atoms with Crippen LogP contribution in [0.4, 0.5) is 0 Å². The van der Waals surface area contributed by atoms with Gasteiger partial charge in [0.15, 0.2) is 17.5 Å². The predicted octanol–water partition coefficient (Wildman–Crippen LogP) is 14.5. The van der Waals surface area contributed by atoms with Gasteiger partial charge < -0.3 is 0 Å². The molecule has 0 N–H and O–H groups in total. The first-order chi connectivity index (χ1) is 28.2. The van der Waals surface area contributed by atoms with E-state index in [0.717, 1.165) is 44.3 Å². The lowest BCUT2D eigenvalue weighted by atomic mass is 9.91. The van der Waals surface area contributed by atoms with E-state index in [0.29, 0.717) is 17.5 Å². The standard InChI is InChI=1S/C53H33N3S/c1-3-15-34(16-4-1)40-29-30-41(43-24-10-9-23-42(40)43)38-21-13-22-39(31-38)51-54-52(46-27-14-26-45-44-25-11-12-28-49(44)57-50(45)46)56-53(55-51)48-33-37-20-8-7-19-36(37)32-47(48)35-17-5-2-6-18-35/h1-33H. The number of hydrogen-bond donors (Lipinski definition) is 0. The topological polar surface area (TPSA) is 38.7 Å². The molecule has 0 aliphatic carbocycles. The highest BCUT2D eigenvalue weighted by Crippen LogP contribution is 2.42. The first-order valence-corrected chi connectivity index (χ1v) is 20.0. The normalized spacial score (nSPS) is 11.5. The van der Waals surface area contributed by atoms with Gasteiger partial charge in [0.25, 0.3) is 0 Å². The van der Waals surface area contributed by atoms with Crippen LogP contribution in [-0.4, -0.2) is 15.0 Å². The van der Waals surface area contributed by atoms with Crippen LogP contribution < -0.4 is 0 Å². The summed E-state index contributed by atoms with van der Waals surface area (Å²) in [6.07, 6.45) is 0. The monoisotopic (exact) mass is 743 g/mol. The van der Waals surface area contributed by atoms with Crippen LogP contribution in [0.25, 0.3) is 109 Å². The molecular weight excluding hydrogens is 711 g/mol. The van der Waals surface area contributed by atoms with Crippen LogP contribution in [0.3, 0.4) is 0 Å². The van der Waals surface area contributed by atoms with Crippen molar-refractivity contribution in [2.45, 2.75) is 0 Å². The average molecular weight is 744 g/mol. The molecule has 0 unspecified atom stereocenters. The van der Waals surface area contributed by atoms with E-state index in [1.807, 2.05) is 0 Å². The largest absolute Gasteiger partial charge is 0.208 e. The van der Waals surface area contributed by atoms with Crippen molar-refractivity contribution in [3.8, 4) is 67.5 Å². The Hall–Kier alpha value is -7.27. The zero-order chi connectivity index (χ0) is 37.7. The van der Waals surface area contributed by atoms with E-state index in [2.05, 4.69) is 200 Å². The van der Waals surface area contributed by atoms with Gasteiger partial charge in [-0.15, -0.1) is 11.3 Å². The molecule has 4 heteroatoms. The van der Waals surface area contributed by atoms with Crippen LogP contribution in [0.15, 0.2) is 200 Å². The number of hydrogen-bond acceptors (Lipinski definition) is 4. The molecule has 0 amide bonds. The van der Waals surface area contributed by atoms with Crippen LogP contribution in [-0.2, 0) is 0 Å². The predicted molar refractivity (Wildman–Crippen MR) is 240 cm³/mol. The van der Waals surface area contributed by atoms with E-state index in [1.54, 1.807) is 11.3 Å². The van der Waals surface area contributed by atoms with Gasteiger partial charge in [-0.2, -0.15) is 0 Å². The SMILES string of the molecule is c1ccc(-c2cc3ccccc3cc2-c2nc(-c3cccc(-c4ccc(-c5ccccc5)c5ccccc45)c3)nc(-c3cccc4c3sc3ccccc34)n2)cc1. The van der Waals surface area contributed by atoms with Crippen molar-refractivity contribution in [2.75, 3.05) is 0 Å². The van der Waals surface area contributed by atoms with Gasteiger partial charge in [0.2, 0.25) is 0 Å². The summed E-state index contributed by atoms with van der Waals surface area (Å²) in [5, 5.41) is 7.18. The quantitative estimate of drug-likeness (QED) is 0.170. The molecule has 266 valence electrons. The van der Waals surface area contributed by atoms with Gasteiger partial charge in [-0.25, -0.2) is 15.0 Å². The molecule has 0 atom stereocenters. The summed E-state index contributed by atoms with van der Waals surface area (Å²) in [6.45, 7) is 0. The summed E-state index contributed by atoms with van der Waals surface area (Å²) < 4.78 is 2.41. The maximum absolute atomic E-state index is 5.36. The molecule has 11 aromatic rings. The number of fused-ring (bicyclic) bond motifs is 5. The summed E-state index contributed by atoms with van der Waals surface area (Å²) in [5.74, 6) is 1.93. The van der Waals surface area contributed by atoms with Gasteiger partial charge in [0, 0.05) is 36.9 Å². The summed E-state index contributed by atoms with van der Waals surface area (Å²) in [7, 11) is 0. The molecule has 11 rings (SSSR count). The molecule has 0 saturated carbocycles.